The molecule has 152 valence electrons. The number of rotatable bonds is 4. The number of carboxylic acid groups (broad SMARTS) is 2. The average molecular weight is 405 g/mol. The van der Waals surface area contributed by atoms with Gasteiger partial charge in [-0.2, -0.15) is 0 Å². The van der Waals surface area contributed by atoms with Crippen LogP contribution in [0.25, 0.3) is 21.5 Å². The molecule has 0 atom stereocenters. The van der Waals surface area contributed by atoms with Crippen LogP contribution in [0.3, 0.4) is 0 Å². The van der Waals surface area contributed by atoms with Crippen molar-refractivity contribution in [1.82, 2.24) is 6.15 Å². The largest absolute Gasteiger partial charge is 0.507 e. The monoisotopic (exact) mass is 405 g/mol. The molecular formula is C23H19NO6. The van der Waals surface area contributed by atoms with Gasteiger partial charge in [-0.3, -0.25) is 0 Å². The van der Waals surface area contributed by atoms with E-state index in [0.29, 0.717) is 32.7 Å². The van der Waals surface area contributed by atoms with Gasteiger partial charge in [-0.25, -0.2) is 9.59 Å². The predicted octanol–water partition coefficient (Wildman–Crippen LogP) is 4.55. The number of carbonyl (C=O) groups is 2. The van der Waals surface area contributed by atoms with Crippen molar-refractivity contribution >= 4 is 33.5 Å². The van der Waals surface area contributed by atoms with E-state index in [9.17, 15) is 30.0 Å². The van der Waals surface area contributed by atoms with Crippen LogP contribution < -0.4 is 6.15 Å². The Labute approximate surface area is 171 Å². The first-order valence-corrected chi connectivity index (χ1v) is 8.82. The van der Waals surface area contributed by atoms with E-state index in [2.05, 4.69) is 0 Å². The highest BCUT2D eigenvalue weighted by Crippen LogP contribution is 2.38. The van der Waals surface area contributed by atoms with Crippen LogP contribution in [-0.2, 0) is 6.42 Å². The van der Waals surface area contributed by atoms with E-state index in [1.54, 1.807) is 48.5 Å². The number of aromatic carboxylic acids is 2. The number of fused-ring (bicyclic) bond motifs is 2. The zero-order chi connectivity index (χ0) is 20.7. The lowest BCUT2D eigenvalue weighted by Gasteiger charge is -2.16. The minimum absolute atomic E-state index is 0. The fourth-order valence-corrected chi connectivity index (χ4v) is 3.68. The molecule has 0 aromatic heterocycles. The van der Waals surface area contributed by atoms with E-state index >= 15 is 0 Å². The molecule has 7 N–H and O–H groups in total. The molecule has 0 aliphatic rings. The molecule has 0 amide bonds. The van der Waals surface area contributed by atoms with Crippen molar-refractivity contribution in [2.75, 3.05) is 0 Å². The first-order chi connectivity index (χ1) is 13.9. The van der Waals surface area contributed by atoms with Gasteiger partial charge in [0.05, 0.1) is 0 Å². The second-order valence-electron chi connectivity index (χ2n) is 6.73. The predicted molar refractivity (Wildman–Crippen MR) is 113 cm³/mol. The third kappa shape index (κ3) is 3.27. The highest BCUT2D eigenvalue weighted by Gasteiger charge is 2.22. The van der Waals surface area contributed by atoms with Crippen molar-refractivity contribution in [3.8, 4) is 11.5 Å². The minimum atomic E-state index is -1.28. The fraction of sp³-hybridized carbons (Fsp3) is 0.0435. The molecule has 0 fully saturated rings. The number of hydrogen-bond donors (Lipinski definition) is 5. The Morgan fingerprint density at radius 1 is 0.667 bits per heavy atom. The molecule has 4 aromatic carbocycles. The molecule has 7 nitrogen and oxygen atoms in total. The zero-order valence-corrected chi connectivity index (χ0v) is 15.8. The van der Waals surface area contributed by atoms with Gasteiger partial charge in [0.15, 0.2) is 0 Å². The maximum absolute atomic E-state index is 11.6. The van der Waals surface area contributed by atoms with Gasteiger partial charge in [0.2, 0.25) is 0 Å². The topological polar surface area (TPSA) is 150 Å². The van der Waals surface area contributed by atoms with Crippen LogP contribution in [-0.4, -0.2) is 32.4 Å². The van der Waals surface area contributed by atoms with Crippen LogP contribution >= 0.6 is 0 Å². The molecule has 0 unspecified atom stereocenters. The maximum Gasteiger partial charge on any atom is 0.339 e. The smallest absolute Gasteiger partial charge is 0.339 e. The lowest BCUT2D eigenvalue weighted by molar-refractivity contribution is 0.0682. The van der Waals surface area contributed by atoms with Crippen LogP contribution in [0.5, 0.6) is 11.5 Å². The second kappa shape index (κ2) is 7.73. The van der Waals surface area contributed by atoms with Crippen LogP contribution in [0.15, 0.2) is 60.7 Å². The van der Waals surface area contributed by atoms with Gasteiger partial charge >= 0.3 is 11.9 Å². The Hall–Kier alpha value is -4.10. The van der Waals surface area contributed by atoms with Crippen LogP contribution in [0.2, 0.25) is 0 Å². The third-order valence-electron chi connectivity index (χ3n) is 5.07. The number of benzene rings is 4. The lowest BCUT2D eigenvalue weighted by atomic mass is 9.90. The Kier molecular flexibility index (Phi) is 5.31. The molecule has 0 spiro atoms. The first kappa shape index (κ1) is 20.6. The molecule has 0 radical (unpaired) electrons. The van der Waals surface area contributed by atoms with E-state index < -0.39 is 23.4 Å². The molecule has 0 heterocycles. The summed E-state index contributed by atoms with van der Waals surface area (Å²) in [5, 5.41) is 42.8. The van der Waals surface area contributed by atoms with E-state index in [1.807, 2.05) is 0 Å². The van der Waals surface area contributed by atoms with E-state index in [-0.39, 0.29) is 23.7 Å². The number of carboxylic acids is 2. The summed E-state index contributed by atoms with van der Waals surface area (Å²) in [4.78, 5) is 23.2. The summed E-state index contributed by atoms with van der Waals surface area (Å²) in [7, 11) is 0. The SMILES string of the molecule is N.O=C(O)c1cc2ccccc2c(Cc2c(O)c(C(=O)O)cc3ccccc23)c1O. The first-order valence-electron chi connectivity index (χ1n) is 8.82. The van der Waals surface area contributed by atoms with Gasteiger partial charge < -0.3 is 26.6 Å². The number of hydrogen-bond acceptors (Lipinski definition) is 5. The van der Waals surface area contributed by atoms with Gasteiger partial charge in [0, 0.05) is 17.5 Å². The van der Waals surface area contributed by atoms with Crippen molar-refractivity contribution in [2.24, 2.45) is 0 Å². The molecule has 4 aromatic rings. The van der Waals surface area contributed by atoms with E-state index in [0.717, 1.165) is 0 Å². The van der Waals surface area contributed by atoms with Crippen molar-refractivity contribution in [2.45, 2.75) is 6.42 Å². The number of aromatic hydroxyl groups is 2. The normalized spacial score (nSPS) is 10.7. The zero-order valence-electron chi connectivity index (χ0n) is 15.8. The maximum atomic E-state index is 11.6. The molecular weight excluding hydrogens is 386 g/mol. The van der Waals surface area contributed by atoms with Gasteiger partial charge in [-0.05, 0) is 33.7 Å². The number of phenols is 2. The quantitative estimate of drug-likeness (QED) is 0.334. The van der Waals surface area contributed by atoms with Crippen molar-refractivity contribution in [3.63, 3.8) is 0 Å². The molecule has 0 aliphatic heterocycles. The molecule has 0 saturated carbocycles. The Morgan fingerprint density at radius 2 is 1.03 bits per heavy atom. The third-order valence-corrected chi connectivity index (χ3v) is 5.07. The van der Waals surface area contributed by atoms with Crippen molar-refractivity contribution < 1.29 is 30.0 Å². The van der Waals surface area contributed by atoms with Crippen molar-refractivity contribution in [1.29, 1.82) is 0 Å². The summed E-state index contributed by atoms with van der Waals surface area (Å²) >= 11 is 0. The highest BCUT2D eigenvalue weighted by molar-refractivity contribution is 6.02. The van der Waals surface area contributed by atoms with Crippen LogP contribution in [0, 0.1) is 0 Å². The summed E-state index contributed by atoms with van der Waals surface area (Å²) in [6.07, 6.45) is -0.0407. The van der Waals surface area contributed by atoms with Gasteiger partial charge in [0.1, 0.15) is 22.6 Å². The molecule has 0 aliphatic carbocycles. The van der Waals surface area contributed by atoms with E-state index in [1.165, 1.54) is 12.1 Å². The molecule has 4 rings (SSSR count). The van der Waals surface area contributed by atoms with Gasteiger partial charge in [0.25, 0.3) is 0 Å². The second-order valence-corrected chi connectivity index (χ2v) is 6.73. The summed E-state index contributed by atoms with van der Waals surface area (Å²) in [5.74, 6) is -3.36. The van der Waals surface area contributed by atoms with Crippen molar-refractivity contribution in [3.05, 3.63) is 82.9 Å². The van der Waals surface area contributed by atoms with Crippen LogP contribution in [0.1, 0.15) is 31.8 Å². The lowest BCUT2D eigenvalue weighted by Crippen LogP contribution is -2.04. The Balaban J connectivity index is 0.00000256. The summed E-state index contributed by atoms with van der Waals surface area (Å²) in [5.41, 5.74) is 0.112. The Morgan fingerprint density at radius 3 is 1.40 bits per heavy atom. The fourth-order valence-electron chi connectivity index (χ4n) is 3.68. The standard InChI is InChI=1S/C23H16O6.H3N/c24-20-16(14-7-3-1-5-12(14)9-18(20)22(26)27)11-17-15-8-4-2-6-13(15)10-19(21(17)25)23(28)29;/h1-10,24-25H,11H2,(H,26,27)(H,28,29);1H3. The summed E-state index contributed by atoms with van der Waals surface area (Å²) in [6, 6.07) is 16.8. The van der Waals surface area contributed by atoms with Crippen LogP contribution in [0.4, 0.5) is 0 Å². The summed E-state index contributed by atoms with van der Waals surface area (Å²) in [6.45, 7) is 0. The van der Waals surface area contributed by atoms with Gasteiger partial charge in [-0.15, -0.1) is 0 Å². The van der Waals surface area contributed by atoms with E-state index in [4.69, 9.17) is 0 Å². The highest BCUT2D eigenvalue weighted by atomic mass is 16.4. The molecule has 7 heteroatoms. The van der Waals surface area contributed by atoms with Gasteiger partial charge in [-0.1, -0.05) is 48.5 Å². The molecule has 0 saturated heterocycles. The minimum Gasteiger partial charge on any atom is -0.507 e. The Bertz CT molecular complexity index is 1210. The average Bonchev–Trinajstić information content (AvgIpc) is 2.70. The molecule has 30 heavy (non-hydrogen) atoms. The molecule has 0 bridgehead atoms. The summed E-state index contributed by atoms with van der Waals surface area (Å²) < 4.78 is 0.